The van der Waals surface area contributed by atoms with E-state index in [0.29, 0.717) is 18.8 Å². The summed E-state index contributed by atoms with van der Waals surface area (Å²) in [6.45, 7) is 6.83. The minimum Gasteiger partial charge on any atom is -0.461 e. The fourth-order valence-corrected chi connectivity index (χ4v) is 6.04. The average molecular weight is 467 g/mol. The van der Waals surface area contributed by atoms with Crippen molar-refractivity contribution in [1.29, 1.82) is 0 Å². The zero-order valence-corrected chi connectivity index (χ0v) is 19.4. The van der Waals surface area contributed by atoms with Gasteiger partial charge in [0.25, 0.3) is 0 Å². The van der Waals surface area contributed by atoms with E-state index in [1.54, 1.807) is 12.3 Å². The minimum atomic E-state index is -3.70. The molecule has 0 N–H and O–H groups in total. The van der Waals surface area contributed by atoms with E-state index in [4.69, 9.17) is 9.47 Å². The molecule has 0 spiro atoms. The summed E-state index contributed by atoms with van der Waals surface area (Å²) in [5.74, 6) is -0.624. The highest BCUT2D eigenvalue weighted by Crippen LogP contribution is 2.27. The van der Waals surface area contributed by atoms with Crippen molar-refractivity contribution in [3.8, 4) is 0 Å². The number of aromatic nitrogens is 1. The molecule has 8 nitrogen and oxygen atoms in total. The second-order valence-electron chi connectivity index (χ2n) is 7.74. The summed E-state index contributed by atoms with van der Waals surface area (Å²) in [5, 5.41) is 1.80. The molecule has 3 rings (SSSR count). The van der Waals surface area contributed by atoms with Gasteiger partial charge in [-0.1, -0.05) is 19.9 Å². The monoisotopic (exact) mass is 466 g/mol. The van der Waals surface area contributed by atoms with Crippen LogP contribution in [0.25, 0.3) is 0 Å². The van der Waals surface area contributed by atoms with Crippen molar-refractivity contribution in [3.63, 3.8) is 0 Å². The second-order valence-corrected chi connectivity index (χ2v) is 10.5. The van der Waals surface area contributed by atoms with E-state index < -0.39 is 22.0 Å². The van der Waals surface area contributed by atoms with Gasteiger partial charge in [-0.3, -0.25) is 0 Å². The Morgan fingerprint density at radius 3 is 2.55 bits per heavy atom. The van der Waals surface area contributed by atoms with Crippen LogP contribution >= 0.6 is 11.3 Å². The molecular formula is C21H26N2O6S2. The van der Waals surface area contributed by atoms with Gasteiger partial charge in [-0.2, -0.15) is 4.31 Å². The maximum absolute atomic E-state index is 13.1. The Balaban J connectivity index is 1.68. The summed E-state index contributed by atoms with van der Waals surface area (Å²) >= 11 is 1.11. The van der Waals surface area contributed by atoms with E-state index in [2.05, 4.69) is 4.98 Å². The predicted octanol–water partition coefficient (Wildman–Crippen LogP) is 3.34. The molecule has 1 aromatic carbocycles. The summed E-state index contributed by atoms with van der Waals surface area (Å²) in [6.07, 6.45) is 0.993. The minimum absolute atomic E-state index is 0.0708. The highest BCUT2D eigenvalue weighted by atomic mass is 32.2. The maximum Gasteiger partial charge on any atom is 0.367 e. The smallest absolute Gasteiger partial charge is 0.367 e. The SMILES string of the molecule is CCOC(=O)c1nc(COC(=O)c2cccc(S(=O)(=O)N3CC(C)CC(C)C3)c2)cs1. The third-order valence-corrected chi connectivity index (χ3v) is 7.59. The first-order valence-corrected chi connectivity index (χ1v) is 12.4. The molecule has 2 aromatic rings. The molecule has 0 saturated carbocycles. The lowest BCUT2D eigenvalue weighted by molar-refractivity contribution is 0.0468. The zero-order valence-electron chi connectivity index (χ0n) is 17.7. The number of hydrogen-bond donors (Lipinski definition) is 0. The van der Waals surface area contributed by atoms with Crippen molar-refractivity contribution in [3.05, 3.63) is 45.9 Å². The van der Waals surface area contributed by atoms with Crippen molar-refractivity contribution in [2.45, 2.75) is 38.7 Å². The highest BCUT2D eigenvalue weighted by Gasteiger charge is 2.32. The van der Waals surface area contributed by atoms with Crippen LogP contribution < -0.4 is 0 Å². The quantitative estimate of drug-likeness (QED) is 0.577. The van der Waals surface area contributed by atoms with Gasteiger partial charge in [-0.25, -0.2) is 23.0 Å². The van der Waals surface area contributed by atoms with Gasteiger partial charge in [0.1, 0.15) is 6.61 Å². The van der Waals surface area contributed by atoms with Crippen LogP contribution in [0.1, 0.15) is 53.0 Å². The van der Waals surface area contributed by atoms with Crippen LogP contribution in [0.2, 0.25) is 0 Å². The van der Waals surface area contributed by atoms with E-state index in [9.17, 15) is 18.0 Å². The number of benzene rings is 1. The Hall–Kier alpha value is -2.30. The Bertz CT molecular complexity index is 1040. The summed E-state index contributed by atoms with van der Waals surface area (Å²) in [6, 6.07) is 5.87. The maximum atomic E-state index is 13.1. The van der Waals surface area contributed by atoms with Crippen LogP contribution in [0.4, 0.5) is 0 Å². The van der Waals surface area contributed by atoms with Crippen molar-refractivity contribution >= 4 is 33.3 Å². The first-order valence-electron chi connectivity index (χ1n) is 10.1. The molecular weight excluding hydrogens is 440 g/mol. The predicted molar refractivity (Wildman–Crippen MR) is 115 cm³/mol. The molecule has 1 aliphatic rings. The molecule has 2 unspecified atom stereocenters. The molecule has 1 fully saturated rings. The number of esters is 2. The van der Waals surface area contributed by atoms with Crippen LogP contribution in [-0.2, 0) is 26.1 Å². The molecule has 1 saturated heterocycles. The van der Waals surface area contributed by atoms with E-state index in [1.165, 1.54) is 28.6 Å². The molecule has 31 heavy (non-hydrogen) atoms. The number of thiazole rings is 1. The van der Waals surface area contributed by atoms with Gasteiger partial charge in [0, 0.05) is 18.5 Å². The molecule has 0 bridgehead atoms. The fourth-order valence-electron chi connectivity index (χ4n) is 3.62. The summed E-state index contributed by atoms with van der Waals surface area (Å²) in [4.78, 5) is 28.3. The standard InChI is InChI=1S/C21H26N2O6S2/c1-4-28-21(25)19-22-17(13-30-19)12-29-20(24)16-6-5-7-18(9-16)31(26,27)23-10-14(2)8-15(3)11-23/h5-7,9,13-15H,4,8,10-12H2,1-3H3. The number of carbonyl (C=O) groups is 2. The van der Waals surface area contributed by atoms with Crippen molar-refractivity contribution in [2.24, 2.45) is 11.8 Å². The van der Waals surface area contributed by atoms with Crippen molar-refractivity contribution < 1.29 is 27.5 Å². The topological polar surface area (TPSA) is 103 Å². The average Bonchev–Trinajstić information content (AvgIpc) is 3.21. The molecule has 2 atom stereocenters. The molecule has 0 amide bonds. The number of hydrogen-bond acceptors (Lipinski definition) is 8. The Morgan fingerprint density at radius 2 is 1.87 bits per heavy atom. The molecule has 168 valence electrons. The van der Waals surface area contributed by atoms with Crippen molar-refractivity contribution in [2.75, 3.05) is 19.7 Å². The number of piperidine rings is 1. The first kappa shape index (κ1) is 23.4. The first-order chi connectivity index (χ1) is 14.7. The Kier molecular flexibility index (Phi) is 7.45. The van der Waals surface area contributed by atoms with Gasteiger partial charge in [0.05, 0.1) is 22.8 Å². The Morgan fingerprint density at radius 1 is 1.16 bits per heavy atom. The zero-order chi connectivity index (χ0) is 22.6. The lowest BCUT2D eigenvalue weighted by atomic mass is 9.94. The van der Waals surface area contributed by atoms with Gasteiger partial charge in [-0.05, 0) is 43.4 Å². The summed E-state index contributed by atoms with van der Waals surface area (Å²) < 4.78 is 37.8. The van der Waals surface area contributed by atoms with Gasteiger partial charge >= 0.3 is 11.9 Å². The van der Waals surface area contributed by atoms with E-state index >= 15 is 0 Å². The van der Waals surface area contributed by atoms with Crippen molar-refractivity contribution in [1.82, 2.24) is 9.29 Å². The van der Waals surface area contributed by atoms with Gasteiger partial charge in [0.15, 0.2) is 0 Å². The normalized spacial score (nSPS) is 19.7. The fraction of sp³-hybridized carbons (Fsp3) is 0.476. The van der Waals surface area contributed by atoms with Crippen LogP contribution in [0.3, 0.4) is 0 Å². The van der Waals surface area contributed by atoms with Gasteiger partial charge in [0.2, 0.25) is 15.0 Å². The third kappa shape index (κ3) is 5.69. The third-order valence-electron chi connectivity index (χ3n) is 4.90. The van der Waals surface area contributed by atoms with E-state index in [1.807, 2.05) is 13.8 Å². The van der Waals surface area contributed by atoms with Crippen LogP contribution in [0.15, 0.2) is 34.5 Å². The number of sulfonamides is 1. The lowest BCUT2D eigenvalue weighted by Gasteiger charge is -2.34. The summed E-state index contributed by atoms with van der Waals surface area (Å²) in [7, 11) is -3.70. The van der Waals surface area contributed by atoms with Crippen LogP contribution in [-0.4, -0.2) is 49.3 Å². The van der Waals surface area contributed by atoms with Crippen LogP contribution in [0, 0.1) is 11.8 Å². The molecule has 2 heterocycles. The van der Waals surface area contributed by atoms with Crippen LogP contribution in [0.5, 0.6) is 0 Å². The number of rotatable bonds is 7. The molecule has 1 aliphatic heterocycles. The molecule has 0 aliphatic carbocycles. The van der Waals surface area contributed by atoms with E-state index in [-0.39, 0.29) is 40.5 Å². The lowest BCUT2D eigenvalue weighted by Crippen LogP contribution is -2.42. The second kappa shape index (κ2) is 9.88. The Labute approximate surface area is 186 Å². The van der Waals surface area contributed by atoms with Gasteiger partial charge in [-0.15, -0.1) is 11.3 Å². The largest absolute Gasteiger partial charge is 0.461 e. The number of ether oxygens (including phenoxy) is 2. The summed E-state index contributed by atoms with van der Waals surface area (Å²) in [5.41, 5.74) is 0.557. The molecule has 10 heteroatoms. The number of nitrogens with zero attached hydrogens (tertiary/aromatic N) is 2. The number of carbonyl (C=O) groups excluding carboxylic acids is 2. The van der Waals surface area contributed by atoms with Gasteiger partial charge < -0.3 is 9.47 Å². The molecule has 0 radical (unpaired) electrons. The molecule has 1 aromatic heterocycles. The highest BCUT2D eigenvalue weighted by molar-refractivity contribution is 7.89. The van der Waals surface area contributed by atoms with E-state index in [0.717, 1.165) is 17.8 Å².